The van der Waals surface area contributed by atoms with E-state index in [1.807, 2.05) is 0 Å². The number of rotatable bonds is 8. The standard InChI is InChI=1S/C19H23N7O5S2/c1-2-31-23-11(14-22-19(20)33-24-14)15(27)21-12-16(28)26-13(18(29)30)10(9-32-17(12)26)8-25-6-4-3-5-7-25/h3-4,12,17H,2,5-9H2,1H3,(H,21,27)(H,29,30)(H2,20,22,24)/t12?,17-/m0/s1. The van der Waals surface area contributed by atoms with Gasteiger partial charge in [-0.15, -0.1) is 11.8 Å². The van der Waals surface area contributed by atoms with Gasteiger partial charge in [-0.3, -0.25) is 19.4 Å². The van der Waals surface area contributed by atoms with E-state index in [4.69, 9.17) is 10.6 Å². The van der Waals surface area contributed by atoms with Crippen LogP contribution in [0.3, 0.4) is 0 Å². The number of fused-ring (bicyclic) bond motifs is 1. The van der Waals surface area contributed by atoms with Crippen LogP contribution in [0.15, 0.2) is 28.6 Å². The molecule has 3 aliphatic rings. The smallest absolute Gasteiger partial charge is 0.352 e. The number of nitrogen functional groups attached to an aromatic ring is 1. The fourth-order valence-corrected chi connectivity index (χ4v) is 5.53. The van der Waals surface area contributed by atoms with Crippen molar-refractivity contribution >= 4 is 51.9 Å². The lowest BCUT2D eigenvalue weighted by Gasteiger charge is -2.49. The van der Waals surface area contributed by atoms with E-state index < -0.39 is 29.2 Å². The van der Waals surface area contributed by atoms with Gasteiger partial charge in [0.05, 0.1) is 0 Å². The number of aromatic nitrogens is 2. The summed E-state index contributed by atoms with van der Waals surface area (Å²) in [5.74, 6) is -1.90. The van der Waals surface area contributed by atoms with Gasteiger partial charge in [0.2, 0.25) is 11.5 Å². The number of hydrogen-bond acceptors (Lipinski definition) is 11. The lowest BCUT2D eigenvalue weighted by Crippen LogP contribution is -2.71. The number of amides is 2. The molecule has 0 aliphatic carbocycles. The normalized spacial score (nSPS) is 23.2. The Labute approximate surface area is 197 Å². The van der Waals surface area contributed by atoms with Crippen LogP contribution in [0, 0.1) is 0 Å². The van der Waals surface area contributed by atoms with Gasteiger partial charge >= 0.3 is 5.97 Å². The van der Waals surface area contributed by atoms with E-state index in [2.05, 4.69) is 36.9 Å². The maximum Gasteiger partial charge on any atom is 0.352 e. The molecule has 2 amide bonds. The molecule has 176 valence electrons. The number of carboxylic acids is 1. The molecular formula is C19H23N7O5S2. The summed E-state index contributed by atoms with van der Waals surface area (Å²) in [6.45, 7) is 3.98. The predicted molar refractivity (Wildman–Crippen MR) is 122 cm³/mol. The number of aliphatic carboxylic acids is 1. The second-order valence-corrected chi connectivity index (χ2v) is 9.32. The second kappa shape index (κ2) is 9.89. The number of anilines is 1. The highest BCUT2D eigenvalue weighted by atomic mass is 32.2. The first kappa shape index (κ1) is 23.2. The number of β-lactam (4-membered cyclic amide) rings is 1. The average Bonchev–Trinajstić information content (AvgIpc) is 3.23. The Morgan fingerprint density at radius 1 is 1.42 bits per heavy atom. The number of carboxylic acid groups (broad SMARTS) is 1. The molecule has 14 heteroatoms. The maximum absolute atomic E-state index is 12.9. The summed E-state index contributed by atoms with van der Waals surface area (Å²) in [7, 11) is 0. The molecular weight excluding hydrogens is 470 g/mol. The minimum absolute atomic E-state index is 0.000880. The van der Waals surface area contributed by atoms with Gasteiger partial charge < -0.3 is 21.0 Å². The van der Waals surface area contributed by atoms with Crippen LogP contribution in [0.5, 0.6) is 0 Å². The van der Waals surface area contributed by atoms with Gasteiger partial charge in [0.25, 0.3) is 11.8 Å². The quantitative estimate of drug-likeness (QED) is 0.192. The Kier molecular flexibility index (Phi) is 6.95. The van der Waals surface area contributed by atoms with E-state index in [-0.39, 0.29) is 29.0 Å². The molecule has 3 aliphatic heterocycles. The molecule has 4 rings (SSSR count). The van der Waals surface area contributed by atoms with Crippen molar-refractivity contribution in [1.82, 2.24) is 24.5 Å². The first-order chi connectivity index (χ1) is 15.9. The molecule has 1 unspecified atom stereocenters. The van der Waals surface area contributed by atoms with Crippen LogP contribution in [0.4, 0.5) is 5.13 Å². The van der Waals surface area contributed by atoms with E-state index in [9.17, 15) is 19.5 Å². The van der Waals surface area contributed by atoms with Crippen LogP contribution in [0.2, 0.25) is 0 Å². The van der Waals surface area contributed by atoms with E-state index in [0.29, 0.717) is 17.9 Å². The molecule has 12 nitrogen and oxygen atoms in total. The first-order valence-electron chi connectivity index (χ1n) is 10.3. The van der Waals surface area contributed by atoms with Gasteiger partial charge in [-0.2, -0.15) is 9.36 Å². The number of carbonyl (C=O) groups is 3. The summed E-state index contributed by atoms with van der Waals surface area (Å²) < 4.78 is 3.98. The van der Waals surface area contributed by atoms with E-state index >= 15 is 0 Å². The average molecular weight is 494 g/mol. The van der Waals surface area contributed by atoms with Crippen LogP contribution >= 0.6 is 23.3 Å². The van der Waals surface area contributed by atoms with Gasteiger partial charge in [0.15, 0.2) is 5.13 Å². The maximum atomic E-state index is 12.9. The minimum Gasteiger partial charge on any atom is -0.477 e. The van der Waals surface area contributed by atoms with Crippen molar-refractivity contribution in [3.63, 3.8) is 0 Å². The van der Waals surface area contributed by atoms with Crippen molar-refractivity contribution < 1.29 is 24.3 Å². The van der Waals surface area contributed by atoms with E-state index in [1.54, 1.807) is 6.92 Å². The molecule has 1 saturated heterocycles. The third kappa shape index (κ3) is 4.72. The van der Waals surface area contributed by atoms with Crippen molar-refractivity contribution in [1.29, 1.82) is 0 Å². The number of hydrogen-bond donors (Lipinski definition) is 3. The van der Waals surface area contributed by atoms with Crippen molar-refractivity contribution in [2.24, 2.45) is 5.16 Å². The highest BCUT2D eigenvalue weighted by molar-refractivity contribution is 8.00. The van der Waals surface area contributed by atoms with Crippen molar-refractivity contribution in [3.8, 4) is 0 Å². The van der Waals surface area contributed by atoms with Gasteiger partial charge in [0, 0.05) is 36.9 Å². The Morgan fingerprint density at radius 2 is 2.24 bits per heavy atom. The zero-order chi connectivity index (χ0) is 23.5. The monoisotopic (exact) mass is 493 g/mol. The van der Waals surface area contributed by atoms with Gasteiger partial charge in [-0.1, -0.05) is 17.3 Å². The molecule has 0 saturated carbocycles. The van der Waals surface area contributed by atoms with Crippen LogP contribution in [-0.4, -0.2) is 91.2 Å². The van der Waals surface area contributed by atoms with Crippen LogP contribution < -0.4 is 11.1 Å². The van der Waals surface area contributed by atoms with Gasteiger partial charge in [-0.25, -0.2) is 4.79 Å². The van der Waals surface area contributed by atoms with Crippen LogP contribution in [0.25, 0.3) is 0 Å². The zero-order valence-electron chi connectivity index (χ0n) is 17.8. The fraction of sp³-hybridized carbons (Fsp3) is 0.474. The molecule has 1 aromatic heterocycles. The lowest BCUT2D eigenvalue weighted by atomic mass is 10.0. The molecule has 0 radical (unpaired) electrons. The van der Waals surface area contributed by atoms with Gasteiger partial charge in [0.1, 0.15) is 23.7 Å². The van der Waals surface area contributed by atoms with Crippen molar-refractivity contribution in [3.05, 3.63) is 29.2 Å². The Bertz CT molecular complexity index is 1050. The molecule has 1 fully saturated rings. The predicted octanol–water partition coefficient (Wildman–Crippen LogP) is -0.139. The fourth-order valence-electron chi connectivity index (χ4n) is 3.76. The number of carbonyl (C=O) groups excluding carboxylic acids is 2. The molecule has 2 atom stereocenters. The summed E-state index contributed by atoms with van der Waals surface area (Å²) in [6.07, 6.45) is 5.06. The highest BCUT2D eigenvalue weighted by Crippen LogP contribution is 2.40. The molecule has 4 heterocycles. The first-order valence-corrected chi connectivity index (χ1v) is 12.1. The Morgan fingerprint density at radius 3 is 2.88 bits per heavy atom. The summed E-state index contributed by atoms with van der Waals surface area (Å²) in [6, 6.07) is -0.904. The van der Waals surface area contributed by atoms with E-state index in [1.165, 1.54) is 16.7 Å². The number of oxime groups is 1. The second-order valence-electron chi connectivity index (χ2n) is 7.43. The van der Waals surface area contributed by atoms with Crippen molar-refractivity contribution in [2.45, 2.75) is 24.8 Å². The Hall–Kier alpha value is -2.97. The molecule has 4 N–H and O–H groups in total. The summed E-state index contributed by atoms with van der Waals surface area (Å²) in [5.41, 5.74) is 6.09. The highest BCUT2D eigenvalue weighted by Gasteiger charge is 2.54. The molecule has 33 heavy (non-hydrogen) atoms. The number of thioether (sulfide) groups is 1. The summed E-state index contributed by atoms with van der Waals surface area (Å²) in [4.78, 5) is 50.2. The molecule has 1 aromatic rings. The minimum atomic E-state index is -1.15. The number of nitrogens with one attached hydrogen (secondary N) is 1. The zero-order valence-corrected chi connectivity index (χ0v) is 19.4. The van der Waals surface area contributed by atoms with Crippen LogP contribution in [-0.2, 0) is 19.2 Å². The molecule has 0 bridgehead atoms. The van der Waals surface area contributed by atoms with Crippen molar-refractivity contribution in [2.75, 3.05) is 37.7 Å². The van der Waals surface area contributed by atoms with Gasteiger partial charge in [-0.05, 0) is 18.9 Å². The molecule has 0 spiro atoms. The topological polar surface area (TPSA) is 163 Å². The summed E-state index contributed by atoms with van der Waals surface area (Å²) >= 11 is 2.32. The third-order valence-electron chi connectivity index (χ3n) is 5.25. The number of nitrogens with zero attached hydrogens (tertiary/aromatic N) is 5. The third-order valence-corrected chi connectivity index (χ3v) is 7.13. The van der Waals surface area contributed by atoms with E-state index in [0.717, 1.165) is 31.0 Å². The van der Waals surface area contributed by atoms with Crippen LogP contribution in [0.1, 0.15) is 19.2 Å². The SMILES string of the molecule is CCON=C(C(=O)NC1C(=O)N2C(C(=O)O)=C(CN3CC=CCC3)CS[C@@H]12)c1nsc(N)n1. The molecule has 0 aromatic carbocycles. The number of nitrogens with two attached hydrogens (primary N) is 1. The largest absolute Gasteiger partial charge is 0.477 e. The Balaban J connectivity index is 1.50. The lowest BCUT2D eigenvalue weighted by molar-refractivity contribution is -0.150. The summed E-state index contributed by atoms with van der Waals surface area (Å²) in [5, 5.41) is 15.9.